The van der Waals surface area contributed by atoms with Gasteiger partial charge in [0, 0.05) is 6.26 Å². The van der Waals surface area contributed by atoms with E-state index >= 15 is 0 Å². The molecule has 0 aliphatic heterocycles. The average molecular weight is 261 g/mol. The summed E-state index contributed by atoms with van der Waals surface area (Å²) in [7, 11) is -3.11. The molecule has 0 aromatic carbocycles. The van der Waals surface area contributed by atoms with Crippen LogP contribution in [-0.4, -0.2) is 46.5 Å². The van der Waals surface area contributed by atoms with Gasteiger partial charge in [0.15, 0.2) is 5.69 Å². The number of hydrogen-bond donors (Lipinski definition) is 1. The summed E-state index contributed by atoms with van der Waals surface area (Å²) in [5.41, 5.74) is 0.328. The van der Waals surface area contributed by atoms with Crippen LogP contribution in [0.2, 0.25) is 0 Å². The molecule has 1 aromatic rings. The Bertz CT molecular complexity index is 518. The number of sulfone groups is 1. The number of carboxylic acid groups (broad SMARTS) is 1. The van der Waals surface area contributed by atoms with Gasteiger partial charge in [0.2, 0.25) is 0 Å². The molecule has 0 unspecified atom stereocenters. The Morgan fingerprint density at radius 3 is 2.47 bits per heavy atom. The van der Waals surface area contributed by atoms with Crippen molar-refractivity contribution in [2.24, 2.45) is 0 Å². The Hall–Kier alpha value is -1.44. The summed E-state index contributed by atoms with van der Waals surface area (Å²) in [4.78, 5) is 10.9. The lowest BCUT2D eigenvalue weighted by Crippen LogP contribution is -2.16. The number of carboxylic acids is 1. The second-order valence-corrected chi connectivity index (χ2v) is 6.40. The zero-order valence-corrected chi connectivity index (χ0v) is 10.7. The van der Waals surface area contributed by atoms with Crippen molar-refractivity contribution in [3.05, 3.63) is 11.4 Å². The fraction of sp³-hybridized carbons (Fsp3) is 0.667. The molecule has 8 heteroatoms. The standard InChI is InChI=1S/C9H15N3O4S/c1-6(2)8-7(9(13)14)10-11-12(8)4-5-17(3,15)16/h6H,4-5H2,1-3H3,(H,13,14). The monoisotopic (exact) mass is 261 g/mol. The van der Waals surface area contributed by atoms with Gasteiger partial charge in [0.25, 0.3) is 0 Å². The molecule has 0 radical (unpaired) electrons. The first-order chi connectivity index (χ1) is 7.72. The molecule has 1 N–H and O–H groups in total. The van der Waals surface area contributed by atoms with Crippen LogP contribution in [0.4, 0.5) is 0 Å². The number of aromatic nitrogens is 3. The molecule has 0 saturated heterocycles. The maximum atomic E-state index is 11.0. The highest BCUT2D eigenvalue weighted by Gasteiger charge is 2.21. The number of aryl methyl sites for hydroxylation is 1. The van der Waals surface area contributed by atoms with E-state index in [9.17, 15) is 13.2 Å². The fourth-order valence-corrected chi connectivity index (χ4v) is 1.97. The van der Waals surface area contributed by atoms with E-state index in [1.54, 1.807) is 0 Å². The van der Waals surface area contributed by atoms with Gasteiger partial charge in [-0.15, -0.1) is 5.10 Å². The maximum Gasteiger partial charge on any atom is 0.358 e. The van der Waals surface area contributed by atoms with E-state index in [-0.39, 0.29) is 23.9 Å². The van der Waals surface area contributed by atoms with E-state index in [2.05, 4.69) is 10.3 Å². The highest BCUT2D eigenvalue weighted by molar-refractivity contribution is 7.90. The summed E-state index contributed by atoms with van der Waals surface area (Å²) in [6.45, 7) is 3.73. The van der Waals surface area contributed by atoms with Gasteiger partial charge in [-0.2, -0.15) is 0 Å². The molecule has 7 nitrogen and oxygen atoms in total. The summed E-state index contributed by atoms with van der Waals surface area (Å²) in [6.07, 6.45) is 1.12. The van der Waals surface area contributed by atoms with Crippen molar-refractivity contribution in [2.75, 3.05) is 12.0 Å². The summed E-state index contributed by atoms with van der Waals surface area (Å²) in [6, 6.07) is 0. The van der Waals surface area contributed by atoms with Crippen LogP contribution in [0.3, 0.4) is 0 Å². The predicted molar refractivity (Wildman–Crippen MR) is 60.8 cm³/mol. The summed E-state index contributed by atoms with van der Waals surface area (Å²) < 4.78 is 23.4. The number of hydrogen-bond acceptors (Lipinski definition) is 5. The molecule has 17 heavy (non-hydrogen) atoms. The number of rotatable bonds is 5. The van der Waals surface area contributed by atoms with Gasteiger partial charge in [0.05, 0.1) is 18.0 Å². The third-order valence-electron chi connectivity index (χ3n) is 2.20. The number of aromatic carboxylic acids is 1. The minimum absolute atomic E-state index is 0.0874. The molecule has 0 aliphatic carbocycles. The smallest absolute Gasteiger partial charge is 0.358 e. The average Bonchev–Trinajstić information content (AvgIpc) is 2.56. The van der Waals surface area contributed by atoms with Gasteiger partial charge < -0.3 is 5.11 Å². The van der Waals surface area contributed by atoms with Gasteiger partial charge >= 0.3 is 5.97 Å². The Morgan fingerprint density at radius 1 is 1.47 bits per heavy atom. The van der Waals surface area contributed by atoms with E-state index in [1.807, 2.05) is 13.8 Å². The van der Waals surface area contributed by atoms with E-state index in [0.29, 0.717) is 5.69 Å². The largest absolute Gasteiger partial charge is 0.476 e. The molecule has 0 aliphatic rings. The molecule has 0 bridgehead atoms. The van der Waals surface area contributed by atoms with Crippen LogP contribution >= 0.6 is 0 Å². The Morgan fingerprint density at radius 2 is 2.06 bits per heavy atom. The summed E-state index contributed by atoms with van der Waals surface area (Å²) in [5.74, 6) is -1.33. The van der Waals surface area contributed by atoms with Crippen LogP contribution < -0.4 is 0 Å². The van der Waals surface area contributed by atoms with Crippen molar-refractivity contribution in [3.8, 4) is 0 Å². The molecule has 0 atom stereocenters. The molecule has 1 rings (SSSR count). The van der Waals surface area contributed by atoms with Gasteiger partial charge in [-0.3, -0.25) is 0 Å². The molecular weight excluding hydrogens is 246 g/mol. The van der Waals surface area contributed by atoms with Gasteiger partial charge in [0.1, 0.15) is 9.84 Å². The molecule has 0 fully saturated rings. The zero-order chi connectivity index (χ0) is 13.2. The SMILES string of the molecule is CC(C)c1c(C(=O)O)nnn1CCS(C)(=O)=O. The number of carbonyl (C=O) groups is 1. The highest BCUT2D eigenvalue weighted by atomic mass is 32.2. The fourth-order valence-electron chi connectivity index (χ4n) is 1.46. The second-order valence-electron chi connectivity index (χ2n) is 4.14. The maximum absolute atomic E-state index is 11.0. The van der Waals surface area contributed by atoms with E-state index in [4.69, 9.17) is 5.11 Å². The van der Waals surface area contributed by atoms with Crippen LogP contribution in [0.25, 0.3) is 0 Å². The Kier molecular flexibility index (Phi) is 3.87. The molecule has 1 heterocycles. The zero-order valence-electron chi connectivity index (χ0n) is 9.91. The second kappa shape index (κ2) is 4.82. The highest BCUT2D eigenvalue weighted by Crippen LogP contribution is 2.17. The lowest BCUT2D eigenvalue weighted by atomic mass is 10.1. The van der Waals surface area contributed by atoms with E-state index < -0.39 is 15.8 Å². The van der Waals surface area contributed by atoms with Crippen LogP contribution in [0.15, 0.2) is 0 Å². The third-order valence-corrected chi connectivity index (χ3v) is 3.12. The van der Waals surface area contributed by atoms with Crippen molar-refractivity contribution in [1.29, 1.82) is 0 Å². The number of nitrogens with zero attached hydrogens (tertiary/aromatic N) is 3. The minimum Gasteiger partial charge on any atom is -0.476 e. The van der Waals surface area contributed by atoms with Gasteiger partial charge in [-0.25, -0.2) is 17.9 Å². The van der Waals surface area contributed by atoms with Crippen LogP contribution in [0.1, 0.15) is 35.9 Å². The first-order valence-electron chi connectivity index (χ1n) is 5.06. The summed E-state index contributed by atoms with van der Waals surface area (Å²) in [5, 5.41) is 16.2. The topological polar surface area (TPSA) is 102 Å². The summed E-state index contributed by atoms with van der Waals surface area (Å²) >= 11 is 0. The lowest BCUT2D eigenvalue weighted by Gasteiger charge is -2.09. The molecular formula is C9H15N3O4S. The molecule has 0 spiro atoms. The van der Waals surface area contributed by atoms with Gasteiger partial charge in [-0.1, -0.05) is 19.1 Å². The normalized spacial score (nSPS) is 12.0. The van der Waals surface area contributed by atoms with Gasteiger partial charge in [-0.05, 0) is 5.92 Å². The van der Waals surface area contributed by atoms with Crippen LogP contribution in [-0.2, 0) is 16.4 Å². The molecule has 1 aromatic heterocycles. The minimum atomic E-state index is -3.11. The van der Waals surface area contributed by atoms with Crippen molar-refractivity contribution in [3.63, 3.8) is 0 Å². The quantitative estimate of drug-likeness (QED) is 0.809. The van der Waals surface area contributed by atoms with Crippen molar-refractivity contribution >= 4 is 15.8 Å². The van der Waals surface area contributed by atoms with Crippen molar-refractivity contribution in [1.82, 2.24) is 15.0 Å². The molecule has 96 valence electrons. The first kappa shape index (κ1) is 13.6. The predicted octanol–water partition coefficient (Wildman–Crippen LogP) is 0.144. The third kappa shape index (κ3) is 3.52. The van der Waals surface area contributed by atoms with Crippen molar-refractivity contribution in [2.45, 2.75) is 26.3 Å². The van der Waals surface area contributed by atoms with E-state index in [1.165, 1.54) is 4.68 Å². The van der Waals surface area contributed by atoms with Crippen molar-refractivity contribution < 1.29 is 18.3 Å². The molecule has 0 saturated carbocycles. The first-order valence-corrected chi connectivity index (χ1v) is 7.13. The Labute approximate surface area is 99.4 Å². The Balaban J connectivity index is 3.05. The van der Waals surface area contributed by atoms with Crippen LogP contribution in [0.5, 0.6) is 0 Å². The van der Waals surface area contributed by atoms with Crippen LogP contribution in [0, 0.1) is 0 Å². The lowest BCUT2D eigenvalue weighted by molar-refractivity contribution is 0.0688. The van der Waals surface area contributed by atoms with E-state index in [0.717, 1.165) is 6.26 Å². The molecule has 0 amide bonds.